The van der Waals surface area contributed by atoms with Gasteiger partial charge in [0.2, 0.25) is 10.0 Å². The fourth-order valence-corrected chi connectivity index (χ4v) is 3.85. The highest BCUT2D eigenvalue weighted by atomic mass is 32.2. The molecular weight excluding hydrogens is 238 g/mol. The third-order valence-electron chi connectivity index (χ3n) is 3.11. The molecule has 0 saturated heterocycles. The van der Waals surface area contributed by atoms with Crippen LogP contribution in [0.25, 0.3) is 0 Å². The number of hydrogen-bond acceptors (Lipinski definition) is 3. The first-order valence-corrected chi connectivity index (χ1v) is 7.38. The van der Waals surface area contributed by atoms with Gasteiger partial charge in [0.1, 0.15) is 0 Å². The molecule has 1 heterocycles. The summed E-state index contributed by atoms with van der Waals surface area (Å²) in [6.45, 7) is 1.57. The average Bonchev–Trinajstić information content (AvgIpc) is 2.28. The molecule has 1 N–H and O–H groups in total. The lowest BCUT2D eigenvalue weighted by Crippen LogP contribution is -2.43. The van der Waals surface area contributed by atoms with Gasteiger partial charge >= 0.3 is 0 Å². The van der Waals surface area contributed by atoms with Crippen molar-refractivity contribution >= 4 is 15.7 Å². The predicted octanol–water partition coefficient (Wildman–Crippen LogP) is 1.15. The smallest absolute Gasteiger partial charge is 0.237 e. The largest absolute Gasteiger partial charge is 0.395 e. The lowest BCUT2D eigenvalue weighted by Gasteiger charge is -2.35. The van der Waals surface area contributed by atoms with Gasteiger partial charge in [0.05, 0.1) is 18.0 Å². The van der Waals surface area contributed by atoms with E-state index in [1.165, 1.54) is 4.31 Å². The standard InChI is InChI=1S/C12H17NO3S/c1-10-6-7-11-4-2-3-5-12(11)13(10)17(15,16)9-8-14/h2-5,10,14H,6-9H2,1H3. The monoisotopic (exact) mass is 255 g/mol. The molecule has 5 heteroatoms. The fraction of sp³-hybridized carbons (Fsp3) is 0.500. The van der Waals surface area contributed by atoms with Crippen LogP contribution in [-0.4, -0.2) is 31.9 Å². The van der Waals surface area contributed by atoms with Gasteiger partial charge in [-0.3, -0.25) is 4.31 Å². The van der Waals surface area contributed by atoms with Gasteiger partial charge in [-0.2, -0.15) is 0 Å². The SMILES string of the molecule is CC1CCc2ccccc2N1S(=O)(=O)CCO. The molecule has 1 atom stereocenters. The zero-order valence-electron chi connectivity index (χ0n) is 9.83. The minimum Gasteiger partial charge on any atom is -0.395 e. The molecule has 4 nitrogen and oxygen atoms in total. The van der Waals surface area contributed by atoms with E-state index >= 15 is 0 Å². The molecule has 0 fully saturated rings. The second-order valence-corrected chi connectivity index (χ2v) is 6.32. The molecule has 1 unspecified atom stereocenters. The van der Waals surface area contributed by atoms with Gasteiger partial charge in [-0.1, -0.05) is 18.2 Å². The van der Waals surface area contributed by atoms with Gasteiger partial charge in [-0.05, 0) is 31.4 Å². The van der Waals surface area contributed by atoms with Crippen molar-refractivity contribution in [2.75, 3.05) is 16.7 Å². The topological polar surface area (TPSA) is 57.6 Å². The molecule has 0 aliphatic carbocycles. The Kier molecular flexibility index (Phi) is 3.40. The number of benzene rings is 1. The van der Waals surface area contributed by atoms with E-state index in [1.807, 2.05) is 31.2 Å². The Balaban J connectivity index is 2.46. The van der Waals surface area contributed by atoms with Crippen LogP contribution in [0.4, 0.5) is 5.69 Å². The van der Waals surface area contributed by atoms with Crippen LogP contribution in [0.2, 0.25) is 0 Å². The third-order valence-corrected chi connectivity index (χ3v) is 4.96. The summed E-state index contributed by atoms with van der Waals surface area (Å²) in [4.78, 5) is 0. The first kappa shape index (κ1) is 12.4. The first-order chi connectivity index (χ1) is 8.06. The Labute approximate surface area is 102 Å². The Hall–Kier alpha value is -1.07. The molecule has 0 spiro atoms. The molecule has 1 aromatic rings. The van der Waals surface area contributed by atoms with E-state index < -0.39 is 10.0 Å². The molecule has 94 valence electrons. The highest BCUT2D eigenvalue weighted by molar-refractivity contribution is 7.92. The molecule has 1 aliphatic heterocycles. The average molecular weight is 255 g/mol. The van der Waals surface area contributed by atoms with Gasteiger partial charge in [0, 0.05) is 6.04 Å². The summed E-state index contributed by atoms with van der Waals surface area (Å²) >= 11 is 0. The van der Waals surface area contributed by atoms with Crippen molar-refractivity contribution in [1.82, 2.24) is 0 Å². The number of nitrogens with zero attached hydrogens (tertiary/aromatic N) is 1. The van der Waals surface area contributed by atoms with Crippen LogP contribution in [0.15, 0.2) is 24.3 Å². The highest BCUT2D eigenvalue weighted by Crippen LogP contribution is 2.32. The van der Waals surface area contributed by atoms with Crippen LogP contribution in [0.1, 0.15) is 18.9 Å². The number of sulfonamides is 1. The van der Waals surface area contributed by atoms with E-state index in [0.29, 0.717) is 0 Å². The van der Waals surface area contributed by atoms with E-state index in [4.69, 9.17) is 5.11 Å². The fourth-order valence-electron chi connectivity index (χ4n) is 2.29. The van der Waals surface area contributed by atoms with Crippen LogP contribution in [0.3, 0.4) is 0 Å². The third kappa shape index (κ3) is 2.30. The number of anilines is 1. The van der Waals surface area contributed by atoms with E-state index in [2.05, 4.69) is 0 Å². The molecule has 0 aromatic heterocycles. The maximum atomic E-state index is 12.1. The van der Waals surface area contributed by atoms with Crippen molar-refractivity contribution in [3.05, 3.63) is 29.8 Å². The number of para-hydroxylation sites is 1. The quantitative estimate of drug-likeness (QED) is 0.881. The number of aryl methyl sites for hydroxylation is 1. The van der Waals surface area contributed by atoms with Crippen LogP contribution in [0.5, 0.6) is 0 Å². The summed E-state index contributed by atoms with van der Waals surface area (Å²) < 4.78 is 25.7. The highest BCUT2D eigenvalue weighted by Gasteiger charge is 2.31. The zero-order chi connectivity index (χ0) is 12.5. The number of fused-ring (bicyclic) bond motifs is 1. The van der Waals surface area contributed by atoms with E-state index in [1.54, 1.807) is 0 Å². The molecule has 2 rings (SSSR count). The Morgan fingerprint density at radius 2 is 2.12 bits per heavy atom. The summed E-state index contributed by atoms with van der Waals surface area (Å²) in [7, 11) is -3.41. The van der Waals surface area contributed by atoms with Crippen LogP contribution in [0, 0.1) is 0 Å². The molecule has 0 bridgehead atoms. The van der Waals surface area contributed by atoms with Gasteiger partial charge in [-0.15, -0.1) is 0 Å². The van der Waals surface area contributed by atoms with Crippen molar-refractivity contribution in [2.24, 2.45) is 0 Å². The van der Waals surface area contributed by atoms with Crippen molar-refractivity contribution < 1.29 is 13.5 Å². The molecular formula is C12H17NO3S. The second kappa shape index (κ2) is 4.66. The summed E-state index contributed by atoms with van der Waals surface area (Å²) in [5.41, 5.74) is 1.83. The maximum Gasteiger partial charge on any atom is 0.237 e. The van der Waals surface area contributed by atoms with Gasteiger partial charge in [0.25, 0.3) is 0 Å². The van der Waals surface area contributed by atoms with Crippen molar-refractivity contribution in [3.63, 3.8) is 0 Å². The molecule has 0 radical (unpaired) electrons. The van der Waals surface area contributed by atoms with Crippen LogP contribution in [-0.2, 0) is 16.4 Å². The molecule has 0 saturated carbocycles. The predicted molar refractivity (Wildman–Crippen MR) is 67.6 cm³/mol. The second-order valence-electron chi connectivity index (χ2n) is 4.35. The maximum absolute atomic E-state index is 12.1. The van der Waals surface area contributed by atoms with Crippen LogP contribution >= 0.6 is 0 Å². The summed E-state index contributed by atoms with van der Waals surface area (Å²) in [6, 6.07) is 7.52. The number of rotatable bonds is 3. The first-order valence-electron chi connectivity index (χ1n) is 5.77. The van der Waals surface area contributed by atoms with E-state index in [0.717, 1.165) is 24.1 Å². The molecule has 1 aromatic carbocycles. The van der Waals surface area contributed by atoms with Gasteiger partial charge < -0.3 is 5.11 Å². The minimum absolute atomic E-state index is 0.0403. The summed E-state index contributed by atoms with van der Waals surface area (Å²) in [6.07, 6.45) is 1.73. The molecule has 0 amide bonds. The zero-order valence-corrected chi connectivity index (χ0v) is 10.7. The number of aliphatic hydroxyl groups excluding tert-OH is 1. The van der Waals surface area contributed by atoms with Gasteiger partial charge in [0.15, 0.2) is 0 Å². The Bertz CT molecular complexity index is 498. The molecule has 1 aliphatic rings. The number of hydrogen-bond donors (Lipinski definition) is 1. The van der Waals surface area contributed by atoms with Crippen molar-refractivity contribution in [2.45, 2.75) is 25.8 Å². The van der Waals surface area contributed by atoms with Gasteiger partial charge in [-0.25, -0.2) is 8.42 Å². The Morgan fingerprint density at radius 3 is 2.82 bits per heavy atom. The summed E-state index contributed by atoms with van der Waals surface area (Å²) in [5, 5.41) is 8.86. The lowest BCUT2D eigenvalue weighted by atomic mass is 9.99. The number of aliphatic hydroxyl groups is 1. The van der Waals surface area contributed by atoms with Crippen molar-refractivity contribution in [3.8, 4) is 0 Å². The normalized spacial score (nSPS) is 20.1. The Morgan fingerprint density at radius 1 is 1.41 bits per heavy atom. The molecule has 17 heavy (non-hydrogen) atoms. The lowest BCUT2D eigenvalue weighted by molar-refractivity contribution is 0.319. The summed E-state index contributed by atoms with van der Waals surface area (Å²) in [5.74, 6) is -0.217. The van der Waals surface area contributed by atoms with Crippen molar-refractivity contribution in [1.29, 1.82) is 0 Å². The van der Waals surface area contributed by atoms with Crippen LogP contribution < -0.4 is 4.31 Å². The van der Waals surface area contributed by atoms with E-state index in [9.17, 15) is 8.42 Å². The minimum atomic E-state index is -3.41. The van der Waals surface area contributed by atoms with E-state index in [-0.39, 0.29) is 18.4 Å².